The van der Waals surface area contributed by atoms with Gasteiger partial charge in [0.05, 0.1) is 11.5 Å². The monoisotopic (exact) mass is 403 g/mol. The van der Waals surface area contributed by atoms with Gasteiger partial charge in [0.1, 0.15) is 5.75 Å². The third-order valence-corrected chi connectivity index (χ3v) is 4.70. The van der Waals surface area contributed by atoms with E-state index in [0.29, 0.717) is 11.1 Å². The van der Waals surface area contributed by atoms with E-state index in [-0.39, 0.29) is 30.1 Å². The van der Waals surface area contributed by atoms with Crippen LogP contribution in [0.25, 0.3) is 11.1 Å². The van der Waals surface area contributed by atoms with Crippen LogP contribution in [0.1, 0.15) is 12.8 Å². The van der Waals surface area contributed by atoms with E-state index in [1.807, 2.05) is 0 Å². The minimum absolute atomic E-state index is 0.0164. The highest BCUT2D eigenvalue weighted by atomic mass is 32.2. The molecule has 0 fully saturated rings. The molecule has 2 aromatic rings. The lowest BCUT2D eigenvalue weighted by molar-refractivity contribution is -0.274. The van der Waals surface area contributed by atoms with Crippen molar-refractivity contribution in [3.63, 3.8) is 0 Å². The number of ether oxygens (including phenoxy) is 1. The first-order chi connectivity index (χ1) is 12.6. The van der Waals surface area contributed by atoms with Gasteiger partial charge in [0.2, 0.25) is 5.91 Å². The first-order valence-corrected chi connectivity index (χ1v) is 9.12. The molecule has 0 saturated heterocycles. The molecule has 0 aliphatic carbocycles. The quantitative estimate of drug-likeness (QED) is 0.539. The molecule has 0 bridgehead atoms. The molecule has 2 N–H and O–H groups in total. The topological polar surface area (TPSA) is 95.7 Å². The van der Waals surface area contributed by atoms with Crippen molar-refractivity contribution in [2.75, 3.05) is 6.61 Å². The fourth-order valence-electron chi connectivity index (χ4n) is 2.15. The molecule has 146 valence electrons. The summed E-state index contributed by atoms with van der Waals surface area (Å²) in [5, 5.41) is 0. The second kappa shape index (κ2) is 8.40. The van der Waals surface area contributed by atoms with Crippen molar-refractivity contribution in [1.29, 1.82) is 0 Å². The summed E-state index contributed by atoms with van der Waals surface area (Å²) < 4.78 is 69.2. The fourth-order valence-corrected chi connectivity index (χ4v) is 3.09. The SMILES string of the molecule is NC(=O)CCCOS(=O)(=O)c1ccc(-c2ccc(OC(F)(F)F)cc2)cc1. The smallest absolute Gasteiger partial charge is 0.406 e. The third kappa shape index (κ3) is 6.57. The van der Waals surface area contributed by atoms with Crippen molar-refractivity contribution in [2.24, 2.45) is 5.73 Å². The molecular weight excluding hydrogens is 387 g/mol. The van der Waals surface area contributed by atoms with Gasteiger partial charge in [-0.25, -0.2) is 0 Å². The Morgan fingerprint density at radius 2 is 1.48 bits per heavy atom. The maximum atomic E-state index is 12.2. The Morgan fingerprint density at radius 3 is 1.96 bits per heavy atom. The molecular formula is C17H16F3NO5S. The minimum atomic E-state index is -4.77. The largest absolute Gasteiger partial charge is 0.573 e. The number of carbonyl (C=O) groups is 1. The van der Waals surface area contributed by atoms with Crippen LogP contribution in [0.4, 0.5) is 13.2 Å². The van der Waals surface area contributed by atoms with E-state index in [0.717, 1.165) is 12.1 Å². The summed E-state index contributed by atoms with van der Waals surface area (Å²) in [4.78, 5) is 10.5. The standard InChI is InChI=1S/C17H16F3NO5S/c18-17(19,20)26-14-7-3-12(4-8-14)13-5-9-15(10-6-13)27(23,24)25-11-1-2-16(21)22/h3-10H,1-2,11H2,(H2,21,22). The number of primary amides is 1. The van der Waals surface area contributed by atoms with E-state index in [1.165, 1.54) is 36.4 Å². The molecule has 0 spiro atoms. The normalized spacial score (nSPS) is 12.0. The molecule has 0 saturated carbocycles. The Balaban J connectivity index is 2.05. The summed E-state index contributed by atoms with van der Waals surface area (Å²) >= 11 is 0. The summed E-state index contributed by atoms with van der Waals surface area (Å²) in [5.74, 6) is -0.901. The van der Waals surface area contributed by atoms with Gasteiger partial charge in [0, 0.05) is 6.42 Å². The Hall–Kier alpha value is -2.59. The summed E-state index contributed by atoms with van der Waals surface area (Å²) in [6.07, 6.45) is -4.57. The van der Waals surface area contributed by atoms with E-state index >= 15 is 0 Å². The lowest BCUT2D eigenvalue weighted by Crippen LogP contribution is -2.16. The van der Waals surface area contributed by atoms with Gasteiger partial charge in [-0.2, -0.15) is 8.42 Å². The number of nitrogens with two attached hydrogens (primary N) is 1. The molecule has 0 aliphatic heterocycles. The molecule has 0 atom stereocenters. The molecule has 1 amide bonds. The molecule has 27 heavy (non-hydrogen) atoms. The van der Waals surface area contributed by atoms with Crippen molar-refractivity contribution >= 4 is 16.0 Å². The van der Waals surface area contributed by atoms with Crippen LogP contribution in [0.2, 0.25) is 0 Å². The van der Waals surface area contributed by atoms with Crippen molar-refractivity contribution < 1.29 is 35.3 Å². The first kappa shape index (κ1) is 20.7. The lowest BCUT2D eigenvalue weighted by atomic mass is 10.1. The highest BCUT2D eigenvalue weighted by Crippen LogP contribution is 2.27. The van der Waals surface area contributed by atoms with Crippen LogP contribution in [0.3, 0.4) is 0 Å². The van der Waals surface area contributed by atoms with Gasteiger partial charge in [-0.1, -0.05) is 24.3 Å². The van der Waals surface area contributed by atoms with Gasteiger partial charge >= 0.3 is 6.36 Å². The molecule has 0 aliphatic rings. The predicted octanol–water partition coefficient (Wildman–Crippen LogP) is 3.22. The number of alkyl halides is 3. The second-order valence-corrected chi connectivity index (χ2v) is 7.06. The van der Waals surface area contributed by atoms with Crippen molar-refractivity contribution in [3.05, 3.63) is 48.5 Å². The molecule has 0 heterocycles. The van der Waals surface area contributed by atoms with Crippen LogP contribution in [0.5, 0.6) is 5.75 Å². The lowest BCUT2D eigenvalue weighted by Gasteiger charge is -2.10. The number of carbonyl (C=O) groups excluding carboxylic acids is 1. The first-order valence-electron chi connectivity index (χ1n) is 7.71. The zero-order valence-corrected chi connectivity index (χ0v) is 14.7. The molecule has 10 heteroatoms. The zero-order valence-electron chi connectivity index (χ0n) is 13.9. The van der Waals surface area contributed by atoms with Crippen molar-refractivity contribution in [3.8, 4) is 16.9 Å². The van der Waals surface area contributed by atoms with Crippen molar-refractivity contribution in [2.45, 2.75) is 24.1 Å². The van der Waals surface area contributed by atoms with Crippen LogP contribution in [-0.2, 0) is 19.1 Å². The van der Waals surface area contributed by atoms with Gasteiger partial charge in [-0.15, -0.1) is 13.2 Å². The molecule has 2 rings (SSSR count). The molecule has 2 aromatic carbocycles. The van der Waals surface area contributed by atoms with Gasteiger partial charge in [0.25, 0.3) is 10.1 Å². The van der Waals surface area contributed by atoms with E-state index in [2.05, 4.69) is 4.74 Å². The predicted molar refractivity (Wildman–Crippen MR) is 90.1 cm³/mol. The maximum absolute atomic E-state index is 12.2. The van der Waals surface area contributed by atoms with Crippen LogP contribution in [0, 0.1) is 0 Å². The van der Waals surface area contributed by atoms with E-state index in [4.69, 9.17) is 9.92 Å². The molecule has 6 nitrogen and oxygen atoms in total. The molecule has 0 radical (unpaired) electrons. The summed E-state index contributed by atoms with van der Waals surface area (Å²) in [6.45, 7) is -0.173. The summed E-state index contributed by atoms with van der Waals surface area (Å²) in [5.41, 5.74) is 6.14. The average molecular weight is 403 g/mol. The van der Waals surface area contributed by atoms with E-state index in [9.17, 15) is 26.4 Å². The Morgan fingerprint density at radius 1 is 0.963 bits per heavy atom. The second-order valence-electron chi connectivity index (χ2n) is 5.44. The van der Waals surface area contributed by atoms with Gasteiger partial charge in [0.15, 0.2) is 0 Å². The number of hydrogen-bond acceptors (Lipinski definition) is 5. The van der Waals surface area contributed by atoms with Crippen LogP contribution in [-0.4, -0.2) is 27.3 Å². The fraction of sp³-hybridized carbons (Fsp3) is 0.235. The summed E-state index contributed by atoms with van der Waals surface area (Å²) in [7, 11) is -3.98. The van der Waals surface area contributed by atoms with Crippen LogP contribution < -0.4 is 10.5 Å². The van der Waals surface area contributed by atoms with E-state index < -0.39 is 22.4 Å². The average Bonchev–Trinajstić information content (AvgIpc) is 2.58. The number of benzene rings is 2. The highest BCUT2D eigenvalue weighted by Gasteiger charge is 2.30. The minimum Gasteiger partial charge on any atom is -0.406 e. The zero-order chi connectivity index (χ0) is 20.1. The maximum Gasteiger partial charge on any atom is 0.573 e. The Bertz CT molecular complexity index is 878. The third-order valence-electron chi connectivity index (χ3n) is 3.37. The highest BCUT2D eigenvalue weighted by molar-refractivity contribution is 7.86. The van der Waals surface area contributed by atoms with Gasteiger partial charge in [-0.05, 0) is 41.8 Å². The van der Waals surface area contributed by atoms with E-state index in [1.54, 1.807) is 0 Å². The van der Waals surface area contributed by atoms with Crippen LogP contribution >= 0.6 is 0 Å². The van der Waals surface area contributed by atoms with Crippen LogP contribution in [0.15, 0.2) is 53.4 Å². The Labute approximate surface area is 153 Å². The summed E-state index contributed by atoms with van der Waals surface area (Å²) in [6, 6.07) is 10.8. The van der Waals surface area contributed by atoms with Crippen molar-refractivity contribution in [1.82, 2.24) is 0 Å². The Kier molecular flexibility index (Phi) is 6.45. The van der Waals surface area contributed by atoms with Gasteiger partial charge in [-0.3, -0.25) is 8.98 Å². The number of amides is 1. The number of halogens is 3. The number of rotatable bonds is 8. The molecule has 0 unspecified atom stereocenters. The number of hydrogen-bond donors (Lipinski definition) is 1. The van der Waals surface area contributed by atoms with Gasteiger partial charge < -0.3 is 10.5 Å². The molecule has 0 aromatic heterocycles.